The Labute approximate surface area is 118 Å². The van der Waals surface area contributed by atoms with Crippen LogP contribution in [0.15, 0.2) is 24.3 Å². The van der Waals surface area contributed by atoms with Crippen LogP contribution in [0.1, 0.15) is 37.9 Å². The molecule has 0 aliphatic carbocycles. The van der Waals surface area contributed by atoms with Crippen molar-refractivity contribution in [3.05, 3.63) is 35.4 Å². The average Bonchev–Trinajstić information content (AvgIpc) is 2.35. The Morgan fingerprint density at radius 3 is 2.15 bits per heavy atom. The zero-order chi connectivity index (χ0) is 15.3. The van der Waals surface area contributed by atoms with Crippen molar-refractivity contribution in [2.75, 3.05) is 0 Å². The van der Waals surface area contributed by atoms with Crippen LogP contribution in [0.3, 0.4) is 0 Å². The number of aryl methyl sites for hydroxylation is 1. The number of carbonyl (C=O) groups is 2. The zero-order valence-corrected chi connectivity index (χ0v) is 12.2. The lowest BCUT2D eigenvalue weighted by molar-refractivity contribution is -0.288. The van der Waals surface area contributed by atoms with E-state index in [0.717, 1.165) is 11.1 Å². The molecular formula is C15H20NO4-. The molecule has 0 aliphatic rings. The monoisotopic (exact) mass is 278 g/mol. The van der Waals surface area contributed by atoms with Gasteiger partial charge in [0, 0.05) is 0 Å². The highest BCUT2D eigenvalue weighted by molar-refractivity contribution is 5.83. The summed E-state index contributed by atoms with van der Waals surface area (Å²) in [6.45, 7) is 7.24. The Morgan fingerprint density at radius 2 is 1.70 bits per heavy atom. The Morgan fingerprint density at radius 1 is 1.15 bits per heavy atom. The minimum Gasteiger partial charge on any atom is -0.536 e. The highest BCUT2D eigenvalue weighted by atomic mass is 16.7. The van der Waals surface area contributed by atoms with Crippen molar-refractivity contribution in [2.45, 2.75) is 39.8 Å². The summed E-state index contributed by atoms with van der Waals surface area (Å²) in [6.07, 6.45) is -2.75. The predicted octanol–water partition coefficient (Wildman–Crippen LogP) is 1.56. The van der Waals surface area contributed by atoms with E-state index in [4.69, 9.17) is 0 Å². The van der Waals surface area contributed by atoms with Gasteiger partial charge in [-0.1, -0.05) is 43.7 Å². The van der Waals surface area contributed by atoms with E-state index in [9.17, 15) is 14.7 Å². The Balaban J connectivity index is 2.72. The summed E-state index contributed by atoms with van der Waals surface area (Å²) in [5.41, 5.74) is 2.08. The van der Waals surface area contributed by atoms with Crippen LogP contribution in [-0.4, -0.2) is 18.2 Å². The molecule has 0 saturated heterocycles. The first kappa shape index (κ1) is 16.0. The van der Waals surface area contributed by atoms with E-state index in [0.29, 0.717) is 0 Å². The molecular weight excluding hydrogens is 258 g/mol. The molecule has 1 amide bonds. The van der Waals surface area contributed by atoms with Gasteiger partial charge in [0.25, 0.3) is 6.16 Å². The smallest absolute Gasteiger partial charge is 0.252 e. The van der Waals surface area contributed by atoms with Gasteiger partial charge in [-0.25, -0.2) is 0 Å². The molecule has 1 N–H and O–H groups in total. The summed E-state index contributed by atoms with van der Waals surface area (Å²) in [6, 6.07) is 7.52. The summed E-state index contributed by atoms with van der Waals surface area (Å²) in [5, 5.41) is 13.2. The Hall–Kier alpha value is -2.04. The van der Waals surface area contributed by atoms with Crippen molar-refractivity contribution >= 4 is 12.1 Å². The second kappa shape index (κ2) is 6.93. The first-order valence-corrected chi connectivity index (χ1v) is 6.55. The van der Waals surface area contributed by atoms with Crippen molar-refractivity contribution in [3.63, 3.8) is 0 Å². The van der Waals surface area contributed by atoms with Crippen molar-refractivity contribution in [2.24, 2.45) is 5.92 Å². The van der Waals surface area contributed by atoms with Gasteiger partial charge in [0.2, 0.25) is 5.91 Å². The summed E-state index contributed by atoms with van der Waals surface area (Å²) in [4.78, 5) is 22.5. The van der Waals surface area contributed by atoms with E-state index in [-0.39, 0.29) is 12.0 Å². The second-order valence-corrected chi connectivity index (χ2v) is 5.17. The van der Waals surface area contributed by atoms with Gasteiger partial charge in [0.1, 0.15) is 6.10 Å². The van der Waals surface area contributed by atoms with Crippen LogP contribution in [0, 0.1) is 12.8 Å². The van der Waals surface area contributed by atoms with E-state index >= 15 is 0 Å². The molecule has 20 heavy (non-hydrogen) atoms. The maximum absolute atomic E-state index is 12.0. The van der Waals surface area contributed by atoms with E-state index < -0.39 is 18.2 Å². The van der Waals surface area contributed by atoms with Gasteiger partial charge in [-0.3, -0.25) is 4.79 Å². The molecule has 0 bridgehead atoms. The largest absolute Gasteiger partial charge is 0.536 e. The number of nitrogens with one attached hydrogen (secondary N) is 1. The SMILES string of the molecule is Cc1ccc(C(C)NC(=O)C(OC(=O)[O-])C(C)C)cc1. The number of hydrogen-bond acceptors (Lipinski definition) is 4. The van der Waals surface area contributed by atoms with E-state index in [2.05, 4.69) is 10.1 Å². The fourth-order valence-corrected chi connectivity index (χ4v) is 1.83. The van der Waals surface area contributed by atoms with Crippen LogP contribution < -0.4 is 10.4 Å². The van der Waals surface area contributed by atoms with Gasteiger partial charge in [0.05, 0.1) is 6.04 Å². The zero-order valence-electron chi connectivity index (χ0n) is 12.2. The lowest BCUT2D eigenvalue weighted by atomic mass is 10.0. The van der Waals surface area contributed by atoms with Crippen LogP contribution in [0.2, 0.25) is 0 Å². The molecule has 1 aromatic carbocycles. The lowest BCUT2D eigenvalue weighted by Gasteiger charge is -2.26. The lowest BCUT2D eigenvalue weighted by Crippen LogP contribution is -2.44. The summed E-state index contributed by atoms with van der Waals surface area (Å²) < 4.78 is 4.52. The maximum atomic E-state index is 12.0. The third-order valence-electron chi connectivity index (χ3n) is 3.02. The van der Waals surface area contributed by atoms with Gasteiger partial charge in [0.15, 0.2) is 0 Å². The highest BCUT2D eigenvalue weighted by Crippen LogP contribution is 2.15. The number of carboxylic acid groups (broad SMARTS) is 1. The third kappa shape index (κ3) is 4.57. The molecule has 0 spiro atoms. The molecule has 0 radical (unpaired) electrons. The van der Waals surface area contributed by atoms with Crippen molar-refractivity contribution in [1.29, 1.82) is 0 Å². The minimum atomic E-state index is -1.69. The Bertz CT molecular complexity index is 467. The molecule has 1 rings (SSSR count). The molecule has 2 atom stereocenters. The number of amides is 1. The van der Waals surface area contributed by atoms with E-state index in [1.54, 1.807) is 13.8 Å². The van der Waals surface area contributed by atoms with Gasteiger partial charge >= 0.3 is 0 Å². The van der Waals surface area contributed by atoms with Crippen LogP contribution in [0.25, 0.3) is 0 Å². The fraction of sp³-hybridized carbons (Fsp3) is 0.467. The minimum absolute atomic E-state index is 0.227. The van der Waals surface area contributed by atoms with Crippen molar-refractivity contribution in [3.8, 4) is 0 Å². The van der Waals surface area contributed by atoms with Crippen LogP contribution in [0.4, 0.5) is 4.79 Å². The van der Waals surface area contributed by atoms with Crippen LogP contribution >= 0.6 is 0 Å². The summed E-state index contributed by atoms with van der Waals surface area (Å²) >= 11 is 0. The normalized spacial score (nSPS) is 13.7. The van der Waals surface area contributed by atoms with Gasteiger partial charge in [-0.2, -0.15) is 0 Å². The predicted molar refractivity (Wildman–Crippen MR) is 72.8 cm³/mol. The van der Waals surface area contributed by atoms with E-state index in [1.165, 1.54) is 0 Å². The average molecular weight is 278 g/mol. The molecule has 2 unspecified atom stereocenters. The number of rotatable bonds is 5. The number of benzene rings is 1. The molecule has 0 saturated carbocycles. The topological polar surface area (TPSA) is 78.5 Å². The molecule has 1 aromatic rings. The number of carbonyl (C=O) groups excluding carboxylic acids is 2. The number of ether oxygens (including phenoxy) is 1. The molecule has 0 fully saturated rings. The van der Waals surface area contributed by atoms with Crippen LogP contribution in [0.5, 0.6) is 0 Å². The third-order valence-corrected chi connectivity index (χ3v) is 3.02. The molecule has 0 aliphatic heterocycles. The highest BCUT2D eigenvalue weighted by Gasteiger charge is 2.22. The quantitative estimate of drug-likeness (QED) is 0.829. The van der Waals surface area contributed by atoms with Crippen LogP contribution in [-0.2, 0) is 9.53 Å². The summed E-state index contributed by atoms with van der Waals surface area (Å²) in [5.74, 6) is -0.726. The molecule has 0 aromatic heterocycles. The number of hydrogen-bond donors (Lipinski definition) is 1. The molecule has 0 heterocycles. The van der Waals surface area contributed by atoms with Gasteiger partial charge < -0.3 is 20.0 Å². The summed E-state index contributed by atoms with van der Waals surface area (Å²) in [7, 11) is 0. The standard InChI is InChI=1S/C15H21NO4/c1-9(2)13(20-15(18)19)14(17)16-11(4)12-7-5-10(3)6-8-12/h5-9,11,13H,1-4H3,(H,16,17)(H,18,19)/p-1. The first-order valence-electron chi connectivity index (χ1n) is 6.55. The van der Waals surface area contributed by atoms with Gasteiger partial charge in [-0.05, 0) is 25.3 Å². The maximum Gasteiger partial charge on any atom is 0.252 e. The molecule has 5 nitrogen and oxygen atoms in total. The van der Waals surface area contributed by atoms with E-state index in [1.807, 2.05) is 38.1 Å². The Kier molecular flexibility index (Phi) is 5.55. The van der Waals surface area contributed by atoms with Gasteiger partial charge in [-0.15, -0.1) is 0 Å². The fourth-order valence-electron chi connectivity index (χ4n) is 1.83. The van der Waals surface area contributed by atoms with Crippen molar-refractivity contribution < 1.29 is 19.4 Å². The second-order valence-electron chi connectivity index (χ2n) is 5.17. The molecule has 5 heteroatoms. The van der Waals surface area contributed by atoms with Crippen molar-refractivity contribution in [1.82, 2.24) is 5.32 Å². The first-order chi connectivity index (χ1) is 9.31. The molecule has 110 valence electrons.